The summed E-state index contributed by atoms with van der Waals surface area (Å²) in [7, 11) is 0. The van der Waals surface area contributed by atoms with E-state index in [0.29, 0.717) is 0 Å². The zero-order valence-corrected chi connectivity index (χ0v) is 10.8. The van der Waals surface area contributed by atoms with Gasteiger partial charge >= 0.3 is 6.18 Å². The van der Waals surface area contributed by atoms with Crippen LogP contribution in [0.2, 0.25) is 0 Å². The van der Waals surface area contributed by atoms with Gasteiger partial charge in [-0.25, -0.2) is 8.78 Å². The minimum atomic E-state index is -4.19. The molecule has 0 bridgehead atoms. The van der Waals surface area contributed by atoms with Crippen molar-refractivity contribution in [2.75, 3.05) is 0 Å². The Morgan fingerprint density at radius 3 is 2.25 bits per heavy atom. The van der Waals surface area contributed by atoms with Crippen molar-refractivity contribution in [2.45, 2.75) is 43.8 Å². The van der Waals surface area contributed by atoms with Crippen LogP contribution in [0.3, 0.4) is 0 Å². The van der Waals surface area contributed by atoms with Crippen LogP contribution in [0.5, 0.6) is 0 Å². The molecule has 0 radical (unpaired) electrons. The monoisotopic (exact) mass is 293 g/mol. The van der Waals surface area contributed by atoms with E-state index in [4.69, 9.17) is 5.73 Å². The largest absolute Gasteiger partial charge is 0.391 e. The summed E-state index contributed by atoms with van der Waals surface area (Å²) < 4.78 is 64.1. The van der Waals surface area contributed by atoms with Gasteiger partial charge in [-0.3, -0.25) is 0 Å². The Balaban J connectivity index is 2.03. The van der Waals surface area contributed by atoms with Crippen LogP contribution in [-0.2, 0) is 6.42 Å². The molecule has 1 aliphatic rings. The quantitative estimate of drug-likeness (QED) is 0.821. The maximum Gasteiger partial charge on any atom is 0.391 e. The standard InChI is InChI=1S/C14H16F5N/c15-11-2-1-9(12(16)7-11)8-13(20)5-3-10(4-6-13)14(17,18)19/h1-2,7,10H,3-6,8,20H2. The molecule has 0 unspecified atom stereocenters. The van der Waals surface area contributed by atoms with Crippen LogP contribution in [0, 0.1) is 17.6 Å². The predicted octanol–water partition coefficient (Wildman–Crippen LogP) is 3.96. The van der Waals surface area contributed by atoms with Gasteiger partial charge in [0.05, 0.1) is 5.92 Å². The summed E-state index contributed by atoms with van der Waals surface area (Å²) in [4.78, 5) is 0. The van der Waals surface area contributed by atoms with E-state index in [9.17, 15) is 22.0 Å². The first-order valence-electron chi connectivity index (χ1n) is 6.49. The molecule has 1 fully saturated rings. The van der Waals surface area contributed by atoms with Gasteiger partial charge in [-0.2, -0.15) is 13.2 Å². The molecule has 1 saturated carbocycles. The molecule has 0 atom stereocenters. The van der Waals surface area contributed by atoms with Gasteiger partial charge in [-0.05, 0) is 43.7 Å². The molecule has 1 aromatic carbocycles. The highest BCUT2D eigenvalue weighted by atomic mass is 19.4. The third kappa shape index (κ3) is 3.48. The summed E-state index contributed by atoms with van der Waals surface area (Å²) in [6, 6.07) is 3.19. The Morgan fingerprint density at radius 1 is 1.15 bits per heavy atom. The van der Waals surface area contributed by atoms with E-state index in [0.717, 1.165) is 12.1 Å². The molecule has 112 valence electrons. The van der Waals surface area contributed by atoms with Crippen LogP contribution in [0.1, 0.15) is 31.2 Å². The molecule has 0 heterocycles. The number of benzene rings is 1. The van der Waals surface area contributed by atoms with Crippen molar-refractivity contribution in [1.82, 2.24) is 0 Å². The molecule has 2 rings (SSSR count). The van der Waals surface area contributed by atoms with Crippen LogP contribution in [-0.4, -0.2) is 11.7 Å². The van der Waals surface area contributed by atoms with E-state index in [1.54, 1.807) is 0 Å². The smallest absolute Gasteiger partial charge is 0.325 e. The van der Waals surface area contributed by atoms with Crippen molar-refractivity contribution in [3.8, 4) is 0 Å². The van der Waals surface area contributed by atoms with Crippen LogP contribution in [0.15, 0.2) is 18.2 Å². The number of hydrogen-bond acceptors (Lipinski definition) is 1. The average Bonchev–Trinajstić information content (AvgIpc) is 2.32. The van der Waals surface area contributed by atoms with Crippen LogP contribution < -0.4 is 5.73 Å². The number of hydrogen-bond donors (Lipinski definition) is 1. The number of halogens is 5. The Hall–Kier alpha value is -1.17. The maximum atomic E-state index is 13.6. The second kappa shape index (κ2) is 5.31. The van der Waals surface area contributed by atoms with Crippen molar-refractivity contribution in [2.24, 2.45) is 11.7 Å². The van der Waals surface area contributed by atoms with Gasteiger partial charge in [0.25, 0.3) is 0 Å². The van der Waals surface area contributed by atoms with Crippen molar-refractivity contribution in [1.29, 1.82) is 0 Å². The lowest BCUT2D eigenvalue weighted by molar-refractivity contribution is -0.184. The SMILES string of the molecule is NC1(Cc2ccc(F)cc2F)CCC(C(F)(F)F)CC1. The van der Waals surface area contributed by atoms with Gasteiger partial charge in [0, 0.05) is 11.6 Å². The van der Waals surface area contributed by atoms with Crippen LogP contribution in [0.25, 0.3) is 0 Å². The highest BCUT2D eigenvalue weighted by Crippen LogP contribution is 2.41. The predicted molar refractivity (Wildman–Crippen MR) is 65.0 cm³/mol. The fourth-order valence-corrected chi connectivity index (χ4v) is 2.74. The fraction of sp³-hybridized carbons (Fsp3) is 0.571. The van der Waals surface area contributed by atoms with Crippen LogP contribution >= 0.6 is 0 Å². The molecule has 0 aliphatic heterocycles. The minimum Gasteiger partial charge on any atom is -0.325 e. The molecule has 6 heteroatoms. The normalized spacial score (nSPS) is 27.6. The Bertz CT molecular complexity index is 475. The van der Waals surface area contributed by atoms with E-state index in [1.807, 2.05) is 0 Å². The van der Waals surface area contributed by atoms with E-state index >= 15 is 0 Å². The molecular weight excluding hydrogens is 277 g/mol. The van der Waals surface area contributed by atoms with Crippen molar-refractivity contribution in [3.05, 3.63) is 35.4 Å². The lowest BCUT2D eigenvalue weighted by Gasteiger charge is -2.38. The van der Waals surface area contributed by atoms with E-state index < -0.39 is 29.3 Å². The molecule has 0 amide bonds. The first kappa shape index (κ1) is 15.2. The van der Waals surface area contributed by atoms with Crippen molar-refractivity contribution in [3.63, 3.8) is 0 Å². The van der Waals surface area contributed by atoms with E-state index in [1.165, 1.54) is 6.07 Å². The third-order valence-corrected chi connectivity index (χ3v) is 4.00. The highest BCUT2D eigenvalue weighted by Gasteiger charge is 2.44. The van der Waals surface area contributed by atoms with Gasteiger partial charge in [-0.15, -0.1) is 0 Å². The second-order valence-electron chi connectivity index (χ2n) is 5.59. The van der Waals surface area contributed by atoms with Gasteiger partial charge in [0.2, 0.25) is 0 Å². The van der Waals surface area contributed by atoms with Crippen molar-refractivity contribution >= 4 is 0 Å². The molecule has 0 aromatic heterocycles. The van der Waals surface area contributed by atoms with Gasteiger partial charge in [-0.1, -0.05) is 6.07 Å². The van der Waals surface area contributed by atoms with Gasteiger partial charge in [0.1, 0.15) is 11.6 Å². The zero-order chi connectivity index (χ0) is 15.0. The molecule has 0 spiro atoms. The summed E-state index contributed by atoms with van der Waals surface area (Å²) in [6.45, 7) is 0. The minimum absolute atomic E-state index is 0.0389. The summed E-state index contributed by atoms with van der Waals surface area (Å²) in [5.41, 5.74) is 5.48. The molecule has 1 nitrogen and oxygen atoms in total. The second-order valence-corrected chi connectivity index (χ2v) is 5.59. The van der Waals surface area contributed by atoms with E-state index in [-0.39, 0.29) is 37.7 Å². The third-order valence-electron chi connectivity index (χ3n) is 4.00. The first-order chi connectivity index (χ1) is 9.20. The highest BCUT2D eigenvalue weighted by molar-refractivity contribution is 5.21. The topological polar surface area (TPSA) is 26.0 Å². The van der Waals surface area contributed by atoms with Gasteiger partial charge < -0.3 is 5.73 Å². The number of alkyl halides is 3. The summed E-state index contributed by atoms with van der Waals surface area (Å²) in [6.07, 6.45) is -3.76. The summed E-state index contributed by atoms with van der Waals surface area (Å²) in [5, 5.41) is 0. The van der Waals surface area contributed by atoms with Crippen LogP contribution in [0.4, 0.5) is 22.0 Å². The lowest BCUT2D eigenvalue weighted by atomic mass is 9.74. The maximum absolute atomic E-state index is 13.6. The summed E-state index contributed by atoms with van der Waals surface area (Å²) >= 11 is 0. The Labute approximate surface area is 114 Å². The Kier molecular flexibility index (Phi) is 4.04. The van der Waals surface area contributed by atoms with Gasteiger partial charge in [0.15, 0.2) is 0 Å². The zero-order valence-electron chi connectivity index (χ0n) is 10.8. The fourth-order valence-electron chi connectivity index (χ4n) is 2.74. The lowest BCUT2D eigenvalue weighted by Crippen LogP contribution is -2.47. The molecule has 20 heavy (non-hydrogen) atoms. The molecule has 2 N–H and O–H groups in total. The first-order valence-corrected chi connectivity index (χ1v) is 6.49. The van der Waals surface area contributed by atoms with Crippen molar-refractivity contribution < 1.29 is 22.0 Å². The Morgan fingerprint density at radius 2 is 1.75 bits per heavy atom. The average molecular weight is 293 g/mol. The number of nitrogens with two attached hydrogens (primary N) is 1. The number of rotatable bonds is 2. The molecule has 1 aliphatic carbocycles. The summed E-state index contributed by atoms with van der Waals surface area (Å²) in [5.74, 6) is -2.71. The molecule has 1 aromatic rings. The van der Waals surface area contributed by atoms with E-state index in [2.05, 4.69) is 0 Å². The molecule has 0 saturated heterocycles. The molecular formula is C14H16F5N.